The first-order valence-electron chi connectivity index (χ1n) is 22.3. The second-order valence-electron chi connectivity index (χ2n) is 22.2. The van der Waals surface area contributed by atoms with Crippen LogP contribution in [-0.4, -0.2) is 64.4 Å². The fourth-order valence-corrected chi connectivity index (χ4v) is 14.3. The summed E-state index contributed by atoms with van der Waals surface area (Å²) in [4.78, 5) is 90.4. The molecule has 11 nitrogen and oxygen atoms in total. The minimum Gasteiger partial charge on any atom is -0.481 e. The van der Waals surface area contributed by atoms with E-state index in [1.807, 2.05) is 6.92 Å². The lowest BCUT2D eigenvalue weighted by atomic mass is 9.33. The quantitative estimate of drug-likeness (QED) is 0.156. The highest BCUT2D eigenvalue weighted by Gasteiger charge is 2.70. The van der Waals surface area contributed by atoms with Gasteiger partial charge in [-0.2, -0.15) is 0 Å². The second kappa shape index (κ2) is 14.5. The van der Waals surface area contributed by atoms with Gasteiger partial charge in [0.15, 0.2) is 12.1 Å². The number of Topliss-reactive ketones (excluding diaryl/α,β-unsaturated/α-hetero) is 1. The van der Waals surface area contributed by atoms with Crippen LogP contribution in [0.2, 0.25) is 0 Å². The Labute approximate surface area is 355 Å². The van der Waals surface area contributed by atoms with Gasteiger partial charge in [0.2, 0.25) is 5.91 Å². The van der Waals surface area contributed by atoms with Crippen molar-refractivity contribution >= 4 is 42.1 Å². The van der Waals surface area contributed by atoms with Gasteiger partial charge >= 0.3 is 11.9 Å². The fraction of sp³-hybridized carbons (Fsp3) is 0.694. The van der Waals surface area contributed by atoms with Crippen molar-refractivity contribution in [2.24, 2.45) is 56.7 Å². The SMILES string of the molecule is CC(C)C1=C2C3CCC4[C@@]5(C)CC[C@H](OC(=O)C6(C)CC(C(=O)O)C6)C(C)(C)C5CC[C@@]4(C)[C@]3(C)CC[C@@]2(NC(=O)C(C)(C)NC(=O)c2ccc(C=O)cc2C=O)CC1=O. The molecule has 0 bridgehead atoms. The van der Waals surface area contributed by atoms with Crippen LogP contribution in [0.3, 0.4) is 0 Å². The molecule has 0 saturated heterocycles. The Morgan fingerprint density at radius 2 is 1.55 bits per heavy atom. The highest BCUT2D eigenvalue weighted by molar-refractivity contribution is 6.06. The van der Waals surface area contributed by atoms with Gasteiger partial charge in [-0.15, -0.1) is 0 Å². The number of nitrogens with one attached hydrogen (secondary N) is 2. The molecule has 0 aromatic heterocycles. The van der Waals surface area contributed by atoms with Crippen LogP contribution in [-0.2, 0) is 23.9 Å². The highest BCUT2D eigenvalue weighted by atomic mass is 16.5. The third-order valence-corrected chi connectivity index (χ3v) is 17.8. The number of benzene rings is 1. The number of allylic oxidation sites excluding steroid dienone is 1. The van der Waals surface area contributed by atoms with Crippen molar-refractivity contribution in [3.8, 4) is 0 Å². The van der Waals surface area contributed by atoms with Crippen molar-refractivity contribution in [3.63, 3.8) is 0 Å². The number of hydrogen-bond acceptors (Lipinski definition) is 8. The molecule has 6 aliphatic carbocycles. The Morgan fingerprint density at radius 1 is 0.867 bits per heavy atom. The molecule has 0 spiro atoms. The summed E-state index contributed by atoms with van der Waals surface area (Å²) in [6.07, 6.45) is 8.67. The van der Waals surface area contributed by atoms with Crippen molar-refractivity contribution < 1.29 is 43.4 Å². The molecule has 0 heterocycles. The molecular formula is C49H66N2O9. The first kappa shape index (κ1) is 43.9. The first-order chi connectivity index (χ1) is 27.8. The zero-order valence-electron chi connectivity index (χ0n) is 37.3. The summed E-state index contributed by atoms with van der Waals surface area (Å²) >= 11 is 0. The molecular weight excluding hydrogens is 761 g/mol. The number of carbonyl (C=O) groups excluding carboxylic acids is 6. The zero-order chi connectivity index (χ0) is 44.2. The maximum Gasteiger partial charge on any atom is 0.312 e. The number of ketones is 1. The molecule has 0 radical (unpaired) electrons. The number of ether oxygens (including phenoxy) is 1. The van der Waals surface area contributed by atoms with Crippen LogP contribution in [0.25, 0.3) is 0 Å². The topological polar surface area (TPSA) is 173 Å². The largest absolute Gasteiger partial charge is 0.481 e. The average molecular weight is 827 g/mol. The molecule has 11 heteroatoms. The normalized spacial score (nSPS) is 38.0. The van der Waals surface area contributed by atoms with E-state index in [1.54, 1.807) is 13.8 Å². The van der Waals surface area contributed by atoms with E-state index in [-0.39, 0.29) is 74.5 Å². The Hall–Kier alpha value is -4.15. The molecule has 7 rings (SSSR count). The van der Waals surface area contributed by atoms with Crippen molar-refractivity contribution in [3.05, 3.63) is 46.0 Å². The smallest absolute Gasteiger partial charge is 0.312 e. The lowest BCUT2D eigenvalue weighted by Gasteiger charge is -2.72. The van der Waals surface area contributed by atoms with Gasteiger partial charge in [-0.25, -0.2) is 0 Å². The minimum absolute atomic E-state index is 0.00876. The van der Waals surface area contributed by atoms with Crippen LogP contribution in [0.1, 0.15) is 171 Å². The third-order valence-electron chi connectivity index (χ3n) is 17.8. The van der Waals surface area contributed by atoms with Gasteiger partial charge < -0.3 is 20.5 Å². The molecule has 1 aromatic carbocycles. The van der Waals surface area contributed by atoms with Crippen LogP contribution in [0, 0.1) is 56.7 Å². The molecule has 6 aliphatic rings. The van der Waals surface area contributed by atoms with Crippen molar-refractivity contribution in [2.45, 2.75) is 157 Å². The van der Waals surface area contributed by atoms with E-state index >= 15 is 0 Å². The van der Waals surface area contributed by atoms with Crippen LogP contribution in [0.15, 0.2) is 29.3 Å². The maximum atomic E-state index is 14.4. The number of amides is 2. The van der Waals surface area contributed by atoms with Crippen LogP contribution in [0.4, 0.5) is 0 Å². The molecule has 2 amide bonds. The zero-order valence-corrected chi connectivity index (χ0v) is 37.3. The minimum atomic E-state index is -1.40. The Kier molecular flexibility index (Phi) is 10.6. The van der Waals surface area contributed by atoms with E-state index in [2.05, 4.69) is 59.1 Å². The van der Waals surface area contributed by atoms with Gasteiger partial charge in [-0.05, 0) is 148 Å². The average Bonchev–Trinajstić information content (AvgIpc) is 3.45. The van der Waals surface area contributed by atoms with Crippen molar-refractivity contribution in [2.75, 3.05) is 0 Å². The van der Waals surface area contributed by atoms with Gasteiger partial charge in [0.25, 0.3) is 5.91 Å². The Bertz CT molecular complexity index is 2080. The van der Waals surface area contributed by atoms with E-state index < -0.39 is 40.2 Å². The van der Waals surface area contributed by atoms with E-state index in [9.17, 15) is 38.7 Å². The second-order valence-corrected chi connectivity index (χ2v) is 22.2. The molecule has 0 aliphatic heterocycles. The summed E-state index contributed by atoms with van der Waals surface area (Å²) < 4.78 is 6.37. The van der Waals surface area contributed by atoms with Gasteiger partial charge in [0, 0.05) is 28.5 Å². The van der Waals surface area contributed by atoms with E-state index in [1.165, 1.54) is 18.2 Å². The Balaban J connectivity index is 1.14. The molecule has 3 unspecified atom stereocenters. The number of fused-ring (bicyclic) bond motifs is 7. The van der Waals surface area contributed by atoms with Gasteiger partial charge in [-0.1, -0.05) is 54.5 Å². The van der Waals surface area contributed by atoms with Crippen LogP contribution < -0.4 is 10.6 Å². The predicted octanol–water partition coefficient (Wildman–Crippen LogP) is 8.08. The number of carbonyl (C=O) groups is 7. The number of carboxylic acids is 1. The molecule has 3 N–H and O–H groups in total. The molecule has 5 saturated carbocycles. The lowest BCUT2D eigenvalue weighted by molar-refractivity contribution is -0.235. The maximum absolute atomic E-state index is 14.4. The number of carboxylic acid groups (broad SMARTS) is 1. The number of hydrogen-bond donors (Lipinski definition) is 3. The number of aldehydes is 2. The molecule has 1 aromatic rings. The molecule has 326 valence electrons. The number of rotatable bonds is 10. The standard InChI is InChI=1S/C49H66N2O9/c1-27(2)37-33(54)24-49(51-41(58)44(5,6)50-39(55)31-12-11-28(25-52)21-29(31)26-53)20-19-47(9)32(38(37)49)13-14-35-46(8)17-16-36(43(3,4)34(46)15-18-48(35,47)10)60-42(59)45(7)22-30(23-45)40(56)57/h11-12,21,25-27,30,32,34-36H,13-20,22-24H2,1-10H3,(H,50,55)(H,51,58)(H,56,57)/t30?,32?,34?,35?,36-,45?,46-,47+,48+,49+/m0/s1. The summed E-state index contributed by atoms with van der Waals surface area (Å²) in [5, 5.41) is 15.7. The summed E-state index contributed by atoms with van der Waals surface area (Å²) in [7, 11) is 0. The van der Waals surface area contributed by atoms with E-state index in [0.29, 0.717) is 43.7 Å². The number of esters is 1. The predicted molar refractivity (Wildman–Crippen MR) is 225 cm³/mol. The van der Waals surface area contributed by atoms with Crippen molar-refractivity contribution in [1.82, 2.24) is 10.6 Å². The Morgan fingerprint density at radius 3 is 2.17 bits per heavy atom. The van der Waals surface area contributed by atoms with E-state index in [4.69, 9.17) is 4.74 Å². The van der Waals surface area contributed by atoms with Crippen molar-refractivity contribution in [1.29, 1.82) is 0 Å². The summed E-state index contributed by atoms with van der Waals surface area (Å²) in [6, 6.07) is 4.21. The molecule has 5 fully saturated rings. The van der Waals surface area contributed by atoms with Crippen LogP contribution in [0.5, 0.6) is 0 Å². The highest BCUT2D eigenvalue weighted by Crippen LogP contribution is 2.76. The molecule has 8 atom stereocenters. The van der Waals surface area contributed by atoms with Gasteiger partial charge in [0.1, 0.15) is 17.9 Å². The lowest BCUT2D eigenvalue weighted by Crippen LogP contribution is -2.68. The van der Waals surface area contributed by atoms with Gasteiger partial charge in [-0.3, -0.25) is 33.6 Å². The first-order valence-corrected chi connectivity index (χ1v) is 22.3. The summed E-state index contributed by atoms with van der Waals surface area (Å²) in [5.41, 5.74) is -1.26. The van der Waals surface area contributed by atoms with Gasteiger partial charge in [0.05, 0.1) is 16.9 Å². The third kappa shape index (κ3) is 6.44. The van der Waals surface area contributed by atoms with E-state index in [0.717, 1.165) is 56.1 Å². The summed E-state index contributed by atoms with van der Waals surface area (Å²) in [5.74, 6) is -1.81. The van der Waals surface area contributed by atoms with Crippen LogP contribution >= 0.6 is 0 Å². The fourth-order valence-electron chi connectivity index (χ4n) is 14.3. The molecule has 60 heavy (non-hydrogen) atoms. The number of aliphatic carboxylic acids is 1. The summed E-state index contributed by atoms with van der Waals surface area (Å²) in [6.45, 7) is 21.2. The monoisotopic (exact) mass is 826 g/mol.